The molecule has 112 valence electrons. The topological polar surface area (TPSA) is 52.9 Å². The van der Waals surface area contributed by atoms with Gasteiger partial charge in [0.25, 0.3) is 5.91 Å². The van der Waals surface area contributed by atoms with Crippen LogP contribution in [0.3, 0.4) is 0 Å². The van der Waals surface area contributed by atoms with E-state index in [4.69, 9.17) is 11.6 Å². The second-order valence-corrected chi connectivity index (χ2v) is 5.90. The van der Waals surface area contributed by atoms with Crippen LogP contribution >= 0.6 is 11.6 Å². The highest BCUT2D eigenvalue weighted by Crippen LogP contribution is 2.27. The predicted molar refractivity (Wildman–Crippen MR) is 79.5 cm³/mol. The van der Waals surface area contributed by atoms with E-state index in [1.165, 1.54) is 24.6 Å². The second kappa shape index (κ2) is 6.91. The van der Waals surface area contributed by atoms with Crippen LogP contribution in [0.4, 0.5) is 4.39 Å². The number of carbonyl (C=O) groups excluding carboxylic acids is 1. The van der Waals surface area contributed by atoms with Gasteiger partial charge in [-0.3, -0.25) is 4.79 Å². The van der Waals surface area contributed by atoms with Crippen molar-refractivity contribution in [3.8, 4) is 6.07 Å². The van der Waals surface area contributed by atoms with Gasteiger partial charge < -0.3 is 5.32 Å². The lowest BCUT2D eigenvalue weighted by molar-refractivity contribution is 0.0907. The van der Waals surface area contributed by atoms with Crippen LogP contribution in [-0.2, 0) is 0 Å². The number of rotatable bonds is 2. The summed E-state index contributed by atoms with van der Waals surface area (Å²) in [5, 5.41) is 12.1. The molecule has 0 radical (unpaired) electrons. The largest absolute Gasteiger partial charge is 0.334 e. The van der Waals surface area contributed by atoms with E-state index >= 15 is 0 Å². The molecule has 1 aliphatic rings. The molecule has 0 atom stereocenters. The first-order valence-electron chi connectivity index (χ1n) is 7.26. The Bertz CT molecular complexity index is 560. The fraction of sp³-hybridized carbons (Fsp3) is 0.500. The number of carbonyl (C=O) groups is 1. The quantitative estimate of drug-likeness (QED) is 0.889. The van der Waals surface area contributed by atoms with Gasteiger partial charge in [0.15, 0.2) is 0 Å². The molecule has 3 nitrogen and oxygen atoms in total. The standard InChI is InChI=1S/C16H18ClFN2O/c17-14-12(7-6-8-13(14)18)15(21)20-16(11-19)9-4-2-1-3-5-10-16/h6-8H,1-5,9-10H2,(H,20,21). The lowest BCUT2D eigenvalue weighted by atomic mass is 9.85. The molecule has 1 amide bonds. The number of nitrogens with one attached hydrogen (secondary N) is 1. The average Bonchev–Trinajstić information content (AvgIpc) is 2.45. The van der Waals surface area contributed by atoms with Crippen molar-refractivity contribution in [1.82, 2.24) is 5.32 Å². The van der Waals surface area contributed by atoms with Crippen molar-refractivity contribution in [1.29, 1.82) is 5.26 Å². The highest BCUT2D eigenvalue weighted by molar-refractivity contribution is 6.34. The Balaban J connectivity index is 2.19. The Kier molecular flexibility index (Phi) is 5.19. The minimum Gasteiger partial charge on any atom is -0.334 e. The summed E-state index contributed by atoms with van der Waals surface area (Å²) in [4.78, 5) is 12.3. The van der Waals surface area contributed by atoms with Crippen LogP contribution in [0.2, 0.25) is 5.02 Å². The zero-order valence-corrected chi connectivity index (χ0v) is 12.5. The summed E-state index contributed by atoms with van der Waals surface area (Å²) < 4.78 is 13.4. The van der Waals surface area contributed by atoms with E-state index in [0.717, 1.165) is 25.7 Å². The summed E-state index contributed by atoms with van der Waals surface area (Å²) in [6.07, 6.45) is 6.38. The maximum Gasteiger partial charge on any atom is 0.254 e. The van der Waals surface area contributed by atoms with Gasteiger partial charge >= 0.3 is 0 Å². The number of amides is 1. The zero-order valence-electron chi connectivity index (χ0n) is 11.8. The Morgan fingerprint density at radius 3 is 2.48 bits per heavy atom. The maximum absolute atomic E-state index is 13.4. The smallest absolute Gasteiger partial charge is 0.254 e. The Morgan fingerprint density at radius 2 is 1.86 bits per heavy atom. The molecule has 1 N–H and O–H groups in total. The van der Waals surface area contributed by atoms with E-state index < -0.39 is 17.3 Å². The second-order valence-electron chi connectivity index (χ2n) is 5.52. The molecule has 0 bridgehead atoms. The SMILES string of the molecule is N#CC1(NC(=O)c2cccc(F)c2Cl)CCCCCCC1. The van der Waals surface area contributed by atoms with Crippen LogP contribution in [0.25, 0.3) is 0 Å². The minimum absolute atomic E-state index is 0.0772. The first kappa shape index (κ1) is 15.8. The molecule has 0 spiro atoms. The van der Waals surface area contributed by atoms with Gasteiger partial charge in [0.2, 0.25) is 0 Å². The average molecular weight is 309 g/mol. The molecule has 0 aromatic heterocycles. The molecule has 0 saturated heterocycles. The van der Waals surface area contributed by atoms with Crippen molar-refractivity contribution >= 4 is 17.5 Å². The van der Waals surface area contributed by atoms with E-state index in [1.807, 2.05) is 0 Å². The molecule has 1 aliphatic carbocycles. The van der Waals surface area contributed by atoms with Crippen molar-refractivity contribution < 1.29 is 9.18 Å². The molecular formula is C16H18ClFN2O. The van der Waals surface area contributed by atoms with Crippen molar-refractivity contribution in [3.05, 3.63) is 34.6 Å². The molecule has 1 saturated carbocycles. The Morgan fingerprint density at radius 1 is 1.24 bits per heavy atom. The van der Waals surface area contributed by atoms with E-state index in [9.17, 15) is 14.4 Å². The highest BCUT2D eigenvalue weighted by Gasteiger charge is 2.32. The zero-order chi connectivity index (χ0) is 15.3. The van der Waals surface area contributed by atoms with Gasteiger partial charge in [-0.05, 0) is 25.0 Å². The van der Waals surface area contributed by atoms with E-state index in [-0.39, 0.29) is 10.6 Å². The van der Waals surface area contributed by atoms with Crippen LogP contribution in [0, 0.1) is 17.1 Å². The molecule has 1 aromatic rings. The molecule has 5 heteroatoms. The van der Waals surface area contributed by atoms with E-state index in [1.54, 1.807) is 0 Å². The summed E-state index contributed by atoms with van der Waals surface area (Å²) in [5.41, 5.74) is -0.791. The van der Waals surface area contributed by atoms with Crippen molar-refractivity contribution in [2.24, 2.45) is 0 Å². The first-order chi connectivity index (χ1) is 10.1. The Labute approximate surface area is 129 Å². The number of nitrogens with zero attached hydrogens (tertiary/aromatic N) is 1. The molecule has 0 aliphatic heterocycles. The van der Waals surface area contributed by atoms with E-state index in [2.05, 4.69) is 11.4 Å². The number of hydrogen-bond acceptors (Lipinski definition) is 2. The van der Waals surface area contributed by atoms with E-state index in [0.29, 0.717) is 12.8 Å². The minimum atomic E-state index is -0.868. The van der Waals surface area contributed by atoms with Gasteiger partial charge in [-0.25, -0.2) is 4.39 Å². The third-order valence-electron chi connectivity index (χ3n) is 3.97. The molecule has 1 aromatic carbocycles. The van der Waals surface area contributed by atoms with Crippen molar-refractivity contribution in [2.75, 3.05) is 0 Å². The molecular weight excluding hydrogens is 291 g/mol. The molecule has 2 rings (SSSR count). The van der Waals surface area contributed by atoms with Gasteiger partial charge in [0.05, 0.1) is 16.7 Å². The molecule has 21 heavy (non-hydrogen) atoms. The van der Waals surface area contributed by atoms with Crippen LogP contribution in [0.1, 0.15) is 55.3 Å². The number of benzene rings is 1. The van der Waals surface area contributed by atoms with Crippen LogP contribution in [0.15, 0.2) is 18.2 Å². The monoisotopic (exact) mass is 308 g/mol. The third kappa shape index (κ3) is 3.74. The fourth-order valence-electron chi connectivity index (χ4n) is 2.74. The lowest BCUT2D eigenvalue weighted by Crippen LogP contribution is -2.47. The number of halogens is 2. The van der Waals surface area contributed by atoms with Crippen LogP contribution < -0.4 is 5.32 Å². The van der Waals surface area contributed by atoms with Crippen molar-refractivity contribution in [2.45, 2.75) is 50.5 Å². The maximum atomic E-state index is 13.4. The summed E-state index contributed by atoms with van der Waals surface area (Å²) in [7, 11) is 0. The summed E-state index contributed by atoms with van der Waals surface area (Å²) >= 11 is 5.83. The lowest BCUT2D eigenvalue weighted by Gasteiger charge is -2.29. The van der Waals surface area contributed by atoms with Gasteiger partial charge in [-0.1, -0.05) is 49.8 Å². The van der Waals surface area contributed by atoms with Crippen molar-refractivity contribution in [3.63, 3.8) is 0 Å². The van der Waals surface area contributed by atoms with Gasteiger partial charge in [-0.15, -0.1) is 0 Å². The van der Waals surface area contributed by atoms with Gasteiger partial charge in [0.1, 0.15) is 11.4 Å². The first-order valence-corrected chi connectivity index (χ1v) is 7.63. The third-order valence-corrected chi connectivity index (χ3v) is 4.35. The Hall–Kier alpha value is -1.60. The van der Waals surface area contributed by atoms with Crippen LogP contribution in [0.5, 0.6) is 0 Å². The molecule has 0 unspecified atom stereocenters. The van der Waals surface area contributed by atoms with Gasteiger partial charge in [0, 0.05) is 0 Å². The predicted octanol–water partition coefficient (Wildman–Crippen LogP) is 4.22. The molecule has 1 fully saturated rings. The summed E-state index contributed by atoms with van der Waals surface area (Å²) in [6, 6.07) is 6.36. The molecule has 0 heterocycles. The van der Waals surface area contributed by atoms with Crippen LogP contribution in [-0.4, -0.2) is 11.4 Å². The number of hydrogen-bond donors (Lipinski definition) is 1. The summed E-state index contributed by atoms with van der Waals surface area (Å²) in [5.74, 6) is -1.12. The number of nitriles is 1. The summed E-state index contributed by atoms with van der Waals surface area (Å²) in [6.45, 7) is 0. The highest BCUT2D eigenvalue weighted by atomic mass is 35.5. The fourth-order valence-corrected chi connectivity index (χ4v) is 2.95. The normalized spacial score (nSPS) is 18.1. The van der Waals surface area contributed by atoms with Gasteiger partial charge in [-0.2, -0.15) is 5.26 Å².